The summed E-state index contributed by atoms with van der Waals surface area (Å²) in [7, 11) is 0. The van der Waals surface area contributed by atoms with E-state index in [0.29, 0.717) is 19.4 Å². The summed E-state index contributed by atoms with van der Waals surface area (Å²) in [5, 5.41) is 2.26. The summed E-state index contributed by atoms with van der Waals surface area (Å²) in [5.41, 5.74) is -0.239. The largest absolute Gasteiger partial charge is 0.333 e. The number of halogens is 3. The maximum Gasteiger partial charge on any atom is 0.244 e. The van der Waals surface area contributed by atoms with Crippen LogP contribution in [0.1, 0.15) is 12.8 Å². The molecule has 1 aliphatic heterocycles. The zero-order valence-electron chi connectivity index (χ0n) is 9.88. The maximum absolute atomic E-state index is 13.5. The Bertz CT molecular complexity index is 537. The molecule has 2 rings (SSSR count). The second kappa shape index (κ2) is 5.64. The number of amides is 2. The highest BCUT2D eigenvalue weighted by molar-refractivity contribution is 9.10. The lowest BCUT2D eigenvalue weighted by molar-refractivity contribution is -0.131. The summed E-state index contributed by atoms with van der Waals surface area (Å²) in [6.45, 7) is 0.374. The molecular formula is C12H11BrF2N2O2. The minimum Gasteiger partial charge on any atom is -0.333 e. The molecule has 1 saturated heterocycles. The van der Waals surface area contributed by atoms with Crippen molar-refractivity contribution in [2.45, 2.75) is 12.8 Å². The third kappa shape index (κ3) is 3.28. The summed E-state index contributed by atoms with van der Waals surface area (Å²) in [6.07, 6.45) is 1.14. The Morgan fingerprint density at radius 1 is 1.37 bits per heavy atom. The number of rotatable bonds is 3. The minimum absolute atomic E-state index is 0.0160. The average molecular weight is 333 g/mol. The Hall–Kier alpha value is -1.50. The van der Waals surface area contributed by atoms with Gasteiger partial charge in [-0.3, -0.25) is 9.59 Å². The van der Waals surface area contributed by atoms with Crippen molar-refractivity contribution in [1.82, 2.24) is 4.90 Å². The van der Waals surface area contributed by atoms with Crippen molar-refractivity contribution < 1.29 is 18.4 Å². The van der Waals surface area contributed by atoms with E-state index in [9.17, 15) is 18.4 Å². The highest BCUT2D eigenvalue weighted by Crippen LogP contribution is 2.23. The predicted octanol–water partition coefficient (Wildman–Crippen LogP) is 2.29. The molecule has 0 radical (unpaired) electrons. The van der Waals surface area contributed by atoms with E-state index < -0.39 is 17.5 Å². The molecule has 0 spiro atoms. The second-order valence-electron chi connectivity index (χ2n) is 4.21. The van der Waals surface area contributed by atoms with Crippen molar-refractivity contribution in [3.8, 4) is 0 Å². The van der Waals surface area contributed by atoms with Gasteiger partial charge >= 0.3 is 0 Å². The van der Waals surface area contributed by atoms with Crippen LogP contribution in [0.5, 0.6) is 0 Å². The van der Waals surface area contributed by atoms with Gasteiger partial charge in [0.05, 0.1) is 16.7 Å². The Balaban J connectivity index is 2.02. The van der Waals surface area contributed by atoms with E-state index in [1.54, 1.807) is 0 Å². The van der Waals surface area contributed by atoms with Crippen LogP contribution in [0, 0.1) is 11.6 Å². The highest BCUT2D eigenvalue weighted by Gasteiger charge is 2.22. The first-order valence-electron chi connectivity index (χ1n) is 5.69. The first-order chi connectivity index (χ1) is 8.97. The predicted molar refractivity (Wildman–Crippen MR) is 68.5 cm³/mol. The van der Waals surface area contributed by atoms with E-state index in [1.807, 2.05) is 0 Å². The number of anilines is 1. The molecule has 1 fully saturated rings. The zero-order chi connectivity index (χ0) is 14.0. The minimum atomic E-state index is -0.741. The van der Waals surface area contributed by atoms with Gasteiger partial charge in [-0.25, -0.2) is 8.78 Å². The molecule has 2 amide bonds. The second-order valence-corrected chi connectivity index (χ2v) is 5.07. The molecule has 1 aromatic carbocycles. The number of hydrogen-bond donors (Lipinski definition) is 1. The van der Waals surface area contributed by atoms with E-state index in [0.717, 1.165) is 12.1 Å². The van der Waals surface area contributed by atoms with Crippen LogP contribution in [0.2, 0.25) is 0 Å². The molecule has 0 saturated carbocycles. The molecule has 1 aromatic rings. The van der Waals surface area contributed by atoms with Gasteiger partial charge < -0.3 is 10.2 Å². The third-order valence-electron chi connectivity index (χ3n) is 2.79. The number of hydrogen-bond acceptors (Lipinski definition) is 2. The van der Waals surface area contributed by atoms with E-state index in [4.69, 9.17) is 0 Å². The van der Waals surface area contributed by atoms with E-state index in [2.05, 4.69) is 21.2 Å². The fourth-order valence-corrected chi connectivity index (χ4v) is 2.17. The number of nitrogens with zero attached hydrogens (tertiary/aromatic N) is 1. The molecule has 1 aliphatic rings. The summed E-state index contributed by atoms with van der Waals surface area (Å²) in [6, 6.07) is 1.83. The fourth-order valence-electron chi connectivity index (χ4n) is 1.85. The smallest absolute Gasteiger partial charge is 0.244 e. The maximum atomic E-state index is 13.5. The number of likely N-dealkylation sites (tertiary alicyclic amines) is 1. The molecule has 0 unspecified atom stereocenters. The Labute approximate surface area is 116 Å². The number of nitrogens with one attached hydrogen (secondary N) is 1. The van der Waals surface area contributed by atoms with Crippen molar-refractivity contribution in [2.24, 2.45) is 0 Å². The molecule has 0 aliphatic carbocycles. The Morgan fingerprint density at radius 2 is 2.11 bits per heavy atom. The number of carbonyl (C=O) groups is 2. The standard InChI is InChI=1S/C12H11BrF2N2O2/c13-7-4-9(15)10(5-8(7)14)16-11(18)6-17-3-1-2-12(17)19/h4-5H,1-3,6H2,(H,16,18). The van der Waals surface area contributed by atoms with Crippen LogP contribution in [0.3, 0.4) is 0 Å². The van der Waals surface area contributed by atoms with Gasteiger partial charge in [-0.2, -0.15) is 0 Å². The monoisotopic (exact) mass is 332 g/mol. The third-order valence-corrected chi connectivity index (χ3v) is 3.40. The topological polar surface area (TPSA) is 49.4 Å². The average Bonchev–Trinajstić information content (AvgIpc) is 2.72. The molecule has 0 atom stereocenters. The van der Waals surface area contributed by atoms with Gasteiger partial charge in [0.2, 0.25) is 11.8 Å². The van der Waals surface area contributed by atoms with Crippen molar-refractivity contribution in [3.63, 3.8) is 0 Å². The van der Waals surface area contributed by atoms with Gasteiger partial charge in [0, 0.05) is 19.0 Å². The van der Waals surface area contributed by atoms with Crippen LogP contribution in [0.4, 0.5) is 14.5 Å². The zero-order valence-corrected chi connectivity index (χ0v) is 11.5. The highest BCUT2D eigenvalue weighted by atomic mass is 79.9. The SMILES string of the molecule is O=C(CN1CCCC1=O)Nc1cc(F)c(Br)cc1F. The molecule has 7 heteroatoms. The summed E-state index contributed by atoms with van der Waals surface area (Å²) in [4.78, 5) is 24.4. The summed E-state index contributed by atoms with van der Waals surface area (Å²) >= 11 is 2.84. The fraction of sp³-hybridized carbons (Fsp3) is 0.333. The molecule has 1 N–H and O–H groups in total. The lowest BCUT2D eigenvalue weighted by atomic mass is 10.3. The Morgan fingerprint density at radius 3 is 2.74 bits per heavy atom. The van der Waals surface area contributed by atoms with Gasteiger partial charge in [-0.15, -0.1) is 0 Å². The van der Waals surface area contributed by atoms with Crippen molar-refractivity contribution >= 4 is 33.4 Å². The van der Waals surface area contributed by atoms with Crippen molar-refractivity contribution in [2.75, 3.05) is 18.4 Å². The van der Waals surface area contributed by atoms with E-state index in [-0.39, 0.29) is 22.6 Å². The molecule has 0 bridgehead atoms. The van der Waals surface area contributed by atoms with E-state index in [1.165, 1.54) is 4.90 Å². The summed E-state index contributed by atoms with van der Waals surface area (Å²) in [5.74, 6) is -2.06. The van der Waals surface area contributed by atoms with Gasteiger partial charge in [0.25, 0.3) is 0 Å². The number of benzene rings is 1. The van der Waals surface area contributed by atoms with Gasteiger partial charge in [0.1, 0.15) is 11.6 Å². The number of carbonyl (C=O) groups excluding carboxylic acids is 2. The summed E-state index contributed by atoms with van der Waals surface area (Å²) < 4.78 is 26.7. The van der Waals surface area contributed by atoms with Crippen molar-refractivity contribution in [3.05, 3.63) is 28.2 Å². The van der Waals surface area contributed by atoms with Crippen LogP contribution >= 0.6 is 15.9 Å². The van der Waals surface area contributed by atoms with Crippen LogP contribution in [-0.4, -0.2) is 29.8 Å². The molecule has 19 heavy (non-hydrogen) atoms. The van der Waals surface area contributed by atoms with Crippen LogP contribution < -0.4 is 5.32 Å². The molecular weight excluding hydrogens is 322 g/mol. The van der Waals surface area contributed by atoms with Crippen LogP contribution in [-0.2, 0) is 9.59 Å². The van der Waals surface area contributed by atoms with E-state index >= 15 is 0 Å². The normalized spacial score (nSPS) is 14.9. The first kappa shape index (κ1) is 13.9. The first-order valence-corrected chi connectivity index (χ1v) is 6.49. The van der Waals surface area contributed by atoms with Gasteiger partial charge in [0.15, 0.2) is 0 Å². The molecule has 0 aromatic heterocycles. The molecule has 102 valence electrons. The quantitative estimate of drug-likeness (QED) is 0.863. The molecule has 1 heterocycles. The van der Waals surface area contributed by atoms with Crippen LogP contribution in [0.25, 0.3) is 0 Å². The Kier molecular flexibility index (Phi) is 4.14. The van der Waals surface area contributed by atoms with Crippen LogP contribution in [0.15, 0.2) is 16.6 Å². The van der Waals surface area contributed by atoms with Gasteiger partial charge in [-0.05, 0) is 28.4 Å². The lowest BCUT2D eigenvalue weighted by Crippen LogP contribution is -2.34. The molecule has 4 nitrogen and oxygen atoms in total. The van der Waals surface area contributed by atoms with Gasteiger partial charge in [-0.1, -0.05) is 0 Å². The lowest BCUT2D eigenvalue weighted by Gasteiger charge is -2.15. The van der Waals surface area contributed by atoms with Crippen molar-refractivity contribution in [1.29, 1.82) is 0 Å².